The molecule has 5 nitrogen and oxygen atoms in total. The summed E-state index contributed by atoms with van der Waals surface area (Å²) in [5, 5.41) is 4.05. The lowest BCUT2D eigenvalue weighted by Crippen LogP contribution is -2.40. The smallest absolute Gasteiger partial charge is 0.255 e. The van der Waals surface area contributed by atoms with Crippen molar-refractivity contribution in [3.05, 3.63) is 0 Å². The maximum Gasteiger partial charge on any atom is 0.255 e. The van der Waals surface area contributed by atoms with Crippen LogP contribution in [0.25, 0.3) is 0 Å². The fourth-order valence-electron chi connectivity index (χ4n) is 0.505. The number of halogens is 2. The molecule has 0 saturated heterocycles. The van der Waals surface area contributed by atoms with E-state index in [1.165, 1.54) is 0 Å². The summed E-state index contributed by atoms with van der Waals surface area (Å²) >= 11 is 0. The summed E-state index contributed by atoms with van der Waals surface area (Å²) in [5.74, 6) is -1.17. The molecule has 0 radical (unpaired) electrons. The molecule has 0 aromatic rings. The van der Waals surface area contributed by atoms with Crippen molar-refractivity contribution in [3.63, 3.8) is 0 Å². The Labute approximate surface area is 73.7 Å². The highest BCUT2D eigenvalue weighted by molar-refractivity contribution is 5.85. The molecule has 0 unspecified atom stereocenters. The minimum Gasteiger partial charge on any atom is -0.349 e. The monoisotopic (exact) mass is 195 g/mol. The molecule has 0 bridgehead atoms. The Hall–Kier alpha value is -1.24. The molecule has 0 aliphatic carbocycles. The van der Waals surface area contributed by atoms with Crippen LogP contribution in [-0.2, 0) is 9.59 Å². The number of carbonyl (C=O) groups excluding carboxylic acids is 2. The van der Waals surface area contributed by atoms with E-state index in [1.54, 1.807) is 0 Å². The molecule has 2 amide bonds. The van der Waals surface area contributed by atoms with Crippen LogP contribution in [0.5, 0.6) is 0 Å². The number of alkyl halides is 2. The Balaban J connectivity index is 3.46. The molecule has 0 spiro atoms. The molecule has 0 aromatic carbocycles. The van der Waals surface area contributed by atoms with Gasteiger partial charge in [-0.25, -0.2) is 8.78 Å². The van der Waals surface area contributed by atoms with Crippen molar-refractivity contribution in [2.45, 2.75) is 6.43 Å². The quantitative estimate of drug-likeness (QED) is 0.496. The summed E-state index contributed by atoms with van der Waals surface area (Å²) in [6, 6.07) is 0. The van der Waals surface area contributed by atoms with Crippen molar-refractivity contribution in [2.24, 2.45) is 5.73 Å². The molecular formula is C6H11F2N3O2. The van der Waals surface area contributed by atoms with Gasteiger partial charge < -0.3 is 16.4 Å². The molecule has 0 aliphatic rings. The van der Waals surface area contributed by atoms with E-state index in [0.717, 1.165) is 0 Å². The van der Waals surface area contributed by atoms with E-state index >= 15 is 0 Å². The van der Waals surface area contributed by atoms with Gasteiger partial charge in [0.15, 0.2) is 0 Å². The van der Waals surface area contributed by atoms with Crippen LogP contribution in [-0.4, -0.2) is 37.9 Å². The zero-order valence-electron chi connectivity index (χ0n) is 6.85. The van der Waals surface area contributed by atoms with Gasteiger partial charge in [0.2, 0.25) is 11.8 Å². The summed E-state index contributed by atoms with van der Waals surface area (Å²) in [5.41, 5.74) is 4.92. The van der Waals surface area contributed by atoms with Gasteiger partial charge >= 0.3 is 0 Å². The van der Waals surface area contributed by atoms with Crippen molar-refractivity contribution in [3.8, 4) is 0 Å². The number of rotatable bonds is 5. The third-order valence-electron chi connectivity index (χ3n) is 1.09. The van der Waals surface area contributed by atoms with Crippen LogP contribution in [0, 0.1) is 0 Å². The number of nitrogens with two attached hydrogens (primary N) is 1. The molecule has 13 heavy (non-hydrogen) atoms. The summed E-state index contributed by atoms with van der Waals surface area (Å²) < 4.78 is 23.1. The zero-order chi connectivity index (χ0) is 10.3. The first-order valence-electron chi connectivity index (χ1n) is 3.58. The highest BCUT2D eigenvalue weighted by atomic mass is 19.3. The number of nitrogens with one attached hydrogen (secondary N) is 2. The predicted molar refractivity (Wildman–Crippen MR) is 41.1 cm³/mol. The van der Waals surface area contributed by atoms with Crippen LogP contribution in [0.3, 0.4) is 0 Å². The standard InChI is InChI=1S/C6H11F2N3O2/c7-4(8)2-10-6(13)3-11-5(12)1-9/h4H,1-3,9H2,(H,10,13)(H,11,12). The molecule has 0 heterocycles. The van der Waals surface area contributed by atoms with Crippen LogP contribution in [0.15, 0.2) is 0 Å². The molecule has 0 aliphatic heterocycles. The van der Waals surface area contributed by atoms with Gasteiger partial charge in [-0.3, -0.25) is 9.59 Å². The average molecular weight is 195 g/mol. The maximum atomic E-state index is 11.5. The minimum atomic E-state index is -2.59. The van der Waals surface area contributed by atoms with E-state index in [4.69, 9.17) is 5.73 Å². The van der Waals surface area contributed by atoms with Gasteiger partial charge in [-0.05, 0) is 0 Å². The van der Waals surface area contributed by atoms with Crippen LogP contribution in [0.4, 0.5) is 8.78 Å². The maximum absolute atomic E-state index is 11.5. The predicted octanol–water partition coefficient (Wildman–Crippen LogP) is -1.56. The molecule has 7 heteroatoms. The van der Waals surface area contributed by atoms with E-state index in [1.807, 2.05) is 5.32 Å². The van der Waals surface area contributed by atoms with Gasteiger partial charge in [-0.1, -0.05) is 0 Å². The van der Waals surface area contributed by atoms with Gasteiger partial charge in [0.1, 0.15) is 0 Å². The second-order valence-electron chi connectivity index (χ2n) is 2.18. The molecular weight excluding hydrogens is 184 g/mol. The van der Waals surface area contributed by atoms with Crippen LogP contribution in [0.1, 0.15) is 0 Å². The van der Waals surface area contributed by atoms with Crippen LogP contribution >= 0.6 is 0 Å². The Morgan fingerprint density at radius 1 is 1.23 bits per heavy atom. The van der Waals surface area contributed by atoms with Crippen molar-refractivity contribution >= 4 is 11.8 Å². The topological polar surface area (TPSA) is 84.2 Å². The lowest BCUT2D eigenvalue weighted by molar-refractivity contribution is -0.125. The second-order valence-corrected chi connectivity index (χ2v) is 2.18. The highest BCUT2D eigenvalue weighted by Crippen LogP contribution is 1.86. The average Bonchev–Trinajstić information content (AvgIpc) is 2.10. The van der Waals surface area contributed by atoms with E-state index < -0.39 is 24.8 Å². The first-order valence-corrected chi connectivity index (χ1v) is 3.58. The molecule has 0 atom stereocenters. The SMILES string of the molecule is NCC(=O)NCC(=O)NCC(F)F. The van der Waals surface area contributed by atoms with E-state index in [0.29, 0.717) is 0 Å². The van der Waals surface area contributed by atoms with Gasteiger partial charge in [-0.15, -0.1) is 0 Å². The summed E-state index contributed by atoms with van der Waals surface area (Å²) in [6.45, 7) is -1.28. The lowest BCUT2D eigenvalue weighted by atomic mass is 10.5. The van der Waals surface area contributed by atoms with Gasteiger partial charge in [-0.2, -0.15) is 0 Å². The zero-order valence-corrected chi connectivity index (χ0v) is 6.85. The van der Waals surface area contributed by atoms with Crippen LogP contribution < -0.4 is 16.4 Å². The first kappa shape index (κ1) is 11.8. The Morgan fingerprint density at radius 2 is 1.85 bits per heavy atom. The fourth-order valence-corrected chi connectivity index (χ4v) is 0.505. The number of carbonyl (C=O) groups is 2. The first-order chi connectivity index (χ1) is 6.06. The molecule has 0 rings (SSSR count). The second kappa shape index (κ2) is 6.30. The van der Waals surface area contributed by atoms with E-state index in [2.05, 4.69) is 5.32 Å². The summed E-state index contributed by atoms with van der Waals surface area (Å²) in [4.78, 5) is 21.2. The molecule has 0 saturated carbocycles. The third kappa shape index (κ3) is 7.13. The summed E-state index contributed by atoms with van der Waals surface area (Å²) in [6.07, 6.45) is -2.59. The molecule has 76 valence electrons. The van der Waals surface area contributed by atoms with Gasteiger partial charge in [0, 0.05) is 0 Å². The third-order valence-corrected chi connectivity index (χ3v) is 1.09. The molecule has 4 N–H and O–H groups in total. The van der Waals surface area contributed by atoms with E-state index in [9.17, 15) is 18.4 Å². The lowest BCUT2D eigenvalue weighted by Gasteiger charge is -2.04. The summed E-state index contributed by atoms with van der Waals surface area (Å²) in [7, 11) is 0. The van der Waals surface area contributed by atoms with Crippen molar-refractivity contribution < 1.29 is 18.4 Å². The Morgan fingerprint density at radius 3 is 2.31 bits per heavy atom. The minimum absolute atomic E-state index is 0.234. The van der Waals surface area contributed by atoms with E-state index in [-0.39, 0.29) is 13.1 Å². The fraction of sp³-hybridized carbons (Fsp3) is 0.667. The Bertz CT molecular complexity index is 187. The highest BCUT2D eigenvalue weighted by Gasteiger charge is 2.06. The van der Waals surface area contributed by atoms with Gasteiger partial charge in [0.25, 0.3) is 6.43 Å². The largest absolute Gasteiger partial charge is 0.349 e. The number of amides is 2. The van der Waals surface area contributed by atoms with Crippen molar-refractivity contribution in [1.29, 1.82) is 0 Å². The molecule has 0 aromatic heterocycles. The van der Waals surface area contributed by atoms with Crippen molar-refractivity contribution in [2.75, 3.05) is 19.6 Å². The Kier molecular flexibility index (Phi) is 5.69. The number of hydrogen-bond acceptors (Lipinski definition) is 3. The molecule has 0 fully saturated rings. The van der Waals surface area contributed by atoms with Gasteiger partial charge in [0.05, 0.1) is 19.6 Å². The van der Waals surface area contributed by atoms with Crippen molar-refractivity contribution in [1.82, 2.24) is 10.6 Å². The normalized spacial score (nSPS) is 9.85. The number of hydrogen-bond donors (Lipinski definition) is 3. The van der Waals surface area contributed by atoms with Crippen LogP contribution in [0.2, 0.25) is 0 Å².